The van der Waals surface area contributed by atoms with E-state index >= 15 is 0 Å². The van der Waals surface area contributed by atoms with Gasteiger partial charge in [0, 0.05) is 18.9 Å². The highest BCUT2D eigenvalue weighted by Crippen LogP contribution is 2.26. The zero-order chi connectivity index (χ0) is 17.1. The SMILES string of the molecule is CCCCCCCCC(=O)N(CC(C)C)C(=O)C1CCCCC1. The lowest BCUT2D eigenvalue weighted by Gasteiger charge is -2.29. The van der Waals surface area contributed by atoms with E-state index in [-0.39, 0.29) is 17.7 Å². The molecule has 0 aliphatic heterocycles. The van der Waals surface area contributed by atoms with Gasteiger partial charge in [0.25, 0.3) is 0 Å². The molecule has 0 atom stereocenters. The normalized spacial score (nSPS) is 15.8. The van der Waals surface area contributed by atoms with E-state index in [1.165, 1.54) is 32.1 Å². The van der Waals surface area contributed by atoms with E-state index in [0.717, 1.165) is 38.5 Å². The highest BCUT2D eigenvalue weighted by atomic mass is 16.2. The molecule has 1 fully saturated rings. The van der Waals surface area contributed by atoms with Crippen molar-refractivity contribution in [1.29, 1.82) is 0 Å². The lowest BCUT2D eigenvalue weighted by atomic mass is 9.88. The van der Waals surface area contributed by atoms with Crippen molar-refractivity contribution < 1.29 is 9.59 Å². The fourth-order valence-electron chi connectivity index (χ4n) is 3.44. The number of rotatable bonds is 10. The van der Waals surface area contributed by atoms with E-state index in [1.807, 2.05) is 0 Å². The molecule has 1 rings (SSSR count). The van der Waals surface area contributed by atoms with E-state index in [1.54, 1.807) is 4.90 Å². The number of unbranched alkanes of at least 4 members (excludes halogenated alkanes) is 5. The van der Waals surface area contributed by atoms with Crippen molar-refractivity contribution >= 4 is 11.8 Å². The summed E-state index contributed by atoms with van der Waals surface area (Å²) in [5.74, 6) is 0.603. The van der Waals surface area contributed by atoms with Crippen molar-refractivity contribution in [3.05, 3.63) is 0 Å². The molecule has 0 saturated heterocycles. The largest absolute Gasteiger partial charge is 0.282 e. The molecule has 0 radical (unpaired) electrons. The molecule has 0 heterocycles. The first-order valence-corrected chi connectivity index (χ1v) is 9.90. The van der Waals surface area contributed by atoms with Crippen molar-refractivity contribution in [3.8, 4) is 0 Å². The van der Waals surface area contributed by atoms with Crippen LogP contribution in [0.2, 0.25) is 0 Å². The maximum Gasteiger partial charge on any atom is 0.232 e. The molecule has 0 bridgehead atoms. The average molecular weight is 324 g/mol. The molecule has 0 unspecified atom stereocenters. The van der Waals surface area contributed by atoms with Gasteiger partial charge in [-0.1, -0.05) is 72.1 Å². The van der Waals surface area contributed by atoms with Gasteiger partial charge in [-0.15, -0.1) is 0 Å². The summed E-state index contributed by atoms with van der Waals surface area (Å²) in [6, 6.07) is 0. The highest BCUT2D eigenvalue weighted by molar-refractivity contribution is 5.96. The summed E-state index contributed by atoms with van der Waals surface area (Å²) in [5, 5.41) is 0. The minimum atomic E-state index is 0.0600. The molecule has 0 N–H and O–H groups in total. The molecule has 1 aliphatic rings. The number of hydrogen-bond donors (Lipinski definition) is 0. The van der Waals surface area contributed by atoms with Crippen molar-refractivity contribution in [3.63, 3.8) is 0 Å². The van der Waals surface area contributed by atoms with Gasteiger partial charge in [-0.05, 0) is 25.2 Å². The molecule has 134 valence electrons. The standard InChI is InChI=1S/C20H37NO2/c1-4-5-6-7-8-12-15-19(22)21(16-17(2)3)20(23)18-13-10-9-11-14-18/h17-18H,4-16H2,1-3H3. The van der Waals surface area contributed by atoms with Crippen LogP contribution >= 0.6 is 0 Å². The second-order valence-corrected chi connectivity index (χ2v) is 7.59. The third-order valence-corrected chi connectivity index (χ3v) is 4.81. The lowest BCUT2D eigenvalue weighted by Crippen LogP contribution is -2.43. The first-order valence-electron chi connectivity index (χ1n) is 9.90. The van der Waals surface area contributed by atoms with E-state index in [0.29, 0.717) is 18.9 Å². The summed E-state index contributed by atoms with van der Waals surface area (Å²) in [5.41, 5.74) is 0. The smallest absolute Gasteiger partial charge is 0.232 e. The Morgan fingerprint density at radius 2 is 1.57 bits per heavy atom. The molecule has 3 heteroatoms. The zero-order valence-corrected chi connectivity index (χ0v) is 15.6. The second-order valence-electron chi connectivity index (χ2n) is 7.59. The van der Waals surface area contributed by atoms with Crippen molar-refractivity contribution in [2.24, 2.45) is 11.8 Å². The number of carbonyl (C=O) groups is 2. The van der Waals surface area contributed by atoms with Gasteiger partial charge in [-0.3, -0.25) is 14.5 Å². The van der Waals surface area contributed by atoms with E-state index < -0.39 is 0 Å². The van der Waals surface area contributed by atoms with Crippen molar-refractivity contribution in [2.45, 2.75) is 97.8 Å². The minimum Gasteiger partial charge on any atom is -0.282 e. The minimum absolute atomic E-state index is 0.0600. The predicted octanol–water partition coefficient (Wildman–Crippen LogP) is 5.33. The van der Waals surface area contributed by atoms with E-state index in [9.17, 15) is 9.59 Å². The third kappa shape index (κ3) is 7.99. The summed E-state index contributed by atoms with van der Waals surface area (Å²) < 4.78 is 0. The van der Waals surface area contributed by atoms with Crippen LogP contribution in [0.25, 0.3) is 0 Å². The fourth-order valence-corrected chi connectivity index (χ4v) is 3.44. The Kier molecular flexibility index (Phi) is 10.2. The Morgan fingerprint density at radius 3 is 2.17 bits per heavy atom. The molecule has 0 aromatic rings. The summed E-state index contributed by atoms with van der Waals surface area (Å²) in [6.45, 7) is 6.96. The van der Waals surface area contributed by atoms with Crippen LogP contribution in [0.4, 0.5) is 0 Å². The van der Waals surface area contributed by atoms with Crippen LogP contribution in [0.5, 0.6) is 0 Å². The molecular formula is C20H37NO2. The highest BCUT2D eigenvalue weighted by Gasteiger charge is 2.29. The van der Waals surface area contributed by atoms with Gasteiger partial charge < -0.3 is 0 Å². The number of carbonyl (C=O) groups excluding carboxylic acids is 2. The maximum atomic E-state index is 12.8. The van der Waals surface area contributed by atoms with Crippen LogP contribution in [0.15, 0.2) is 0 Å². The van der Waals surface area contributed by atoms with Gasteiger partial charge in [0.05, 0.1) is 0 Å². The molecule has 2 amide bonds. The molecule has 0 spiro atoms. The maximum absolute atomic E-state index is 12.8. The second kappa shape index (κ2) is 11.6. The van der Waals surface area contributed by atoms with Crippen LogP contribution in [0, 0.1) is 11.8 Å². The first-order chi connectivity index (χ1) is 11.1. The zero-order valence-electron chi connectivity index (χ0n) is 15.6. The van der Waals surface area contributed by atoms with Gasteiger partial charge >= 0.3 is 0 Å². The van der Waals surface area contributed by atoms with Gasteiger partial charge in [-0.25, -0.2) is 0 Å². The number of imide groups is 1. The van der Waals surface area contributed by atoms with Gasteiger partial charge in [0.2, 0.25) is 11.8 Å². The van der Waals surface area contributed by atoms with Crippen LogP contribution in [0.1, 0.15) is 97.8 Å². The van der Waals surface area contributed by atoms with Gasteiger partial charge in [0.15, 0.2) is 0 Å². The van der Waals surface area contributed by atoms with Crippen molar-refractivity contribution in [1.82, 2.24) is 4.90 Å². The number of hydrogen-bond acceptors (Lipinski definition) is 2. The topological polar surface area (TPSA) is 37.4 Å². The Balaban J connectivity index is 2.44. The first kappa shape index (κ1) is 20.2. The van der Waals surface area contributed by atoms with Crippen LogP contribution < -0.4 is 0 Å². The summed E-state index contributed by atoms with van der Waals surface area (Å²) in [6.07, 6.45) is 13.0. The molecule has 3 nitrogen and oxygen atoms in total. The predicted molar refractivity (Wildman–Crippen MR) is 96.1 cm³/mol. The Hall–Kier alpha value is -0.860. The van der Waals surface area contributed by atoms with Gasteiger partial charge in [0.1, 0.15) is 0 Å². The quantitative estimate of drug-likeness (QED) is 0.510. The number of nitrogens with zero attached hydrogens (tertiary/aromatic N) is 1. The summed E-state index contributed by atoms with van der Waals surface area (Å²) >= 11 is 0. The van der Waals surface area contributed by atoms with Crippen LogP contribution in [0.3, 0.4) is 0 Å². The Bertz CT molecular complexity index is 346. The lowest BCUT2D eigenvalue weighted by molar-refractivity contribution is -0.149. The van der Waals surface area contributed by atoms with E-state index in [2.05, 4.69) is 20.8 Å². The summed E-state index contributed by atoms with van der Waals surface area (Å²) in [4.78, 5) is 26.9. The molecule has 1 aliphatic carbocycles. The molecule has 0 aromatic carbocycles. The molecule has 0 aromatic heterocycles. The Morgan fingerprint density at radius 1 is 0.957 bits per heavy atom. The molecule has 23 heavy (non-hydrogen) atoms. The summed E-state index contributed by atoms with van der Waals surface area (Å²) in [7, 11) is 0. The molecular weight excluding hydrogens is 286 g/mol. The van der Waals surface area contributed by atoms with Crippen LogP contribution in [-0.4, -0.2) is 23.3 Å². The monoisotopic (exact) mass is 323 g/mol. The Labute approximate surface area is 143 Å². The van der Waals surface area contributed by atoms with Gasteiger partial charge in [-0.2, -0.15) is 0 Å². The van der Waals surface area contributed by atoms with Crippen LogP contribution in [-0.2, 0) is 9.59 Å². The van der Waals surface area contributed by atoms with E-state index in [4.69, 9.17) is 0 Å². The third-order valence-electron chi connectivity index (χ3n) is 4.81. The average Bonchev–Trinajstić information content (AvgIpc) is 2.55. The molecule has 1 saturated carbocycles. The van der Waals surface area contributed by atoms with Crippen molar-refractivity contribution in [2.75, 3.05) is 6.54 Å². The fraction of sp³-hybridized carbons (Fsp3) is 0.900. The number of amides is 2.